The smallest absolute Gasteiger partial charge is 0.414 e. The molecule has 3 amide bonds. The van der Waals surface area contributed by atoms with Gasteiger partial charge in [0, 0.05) is 13.5 Å². The second-order valence-corrected chi connectivity index (χ2v) is 7.32. The maximum atomic E-state index is 14.5. The first kappa shape index (κ1) is 24.5. The number of aryl methyl sites for hydroxylation is 1. The molecule has 0 bridgehead atoms. The van der Waals surface area contributed by atoms with Crippen molar-refractivity contribution in [2.45, 2.75) is 45.6 Å². The molecule has 1 atom stereocenters. The predicted octanol–water partition coefficient (Wildman–Crippen LogP) is 1.74. The molecule has 1 aromatic rings. The van der Waals surface area contributed by atoms with Crippen LogP contribution in [0.5, 0.6) is 0 Å². The van der Waals surface area contributed by atoms with Crippen molar-refractivity contribution < 1.29 is 28.3 Å². The highest BCUT2D eigenvalue weighted by molar-refractivity contribution is 5.89. The van der Waals surface area contributed by atoms with Crippen molar-refractivity contribution in [1.29, 1.82) is 0 Å². The first-order chi connectivity index (χ1) is 14.8. The lowest BCUT2D eigenvalue weighted by Crippen LogP contribution is -2.36. The summed E-state index contributed by atoms with van der Waals surface area (Å²) in [4.78, 5) is 41.5. The number of rotatable bonds is 12. The fourth-order valence-electron chi connectivity index (χ4n) is 3.16. The number of hydroxylamine groups is 2. The van der Waals surface area contributed by atoms with Crippen LogP contribution in [0, 0.1) is 5.82 Å². The second-order valence-electron chi connectivity index (χ2n) is 7.32. The molecular formula is C21H31FN4O5. The molecule has 1 saturated heterocycles. The van der Waals surface area contributed by atoms with Crippen molar-refractivity contribution in [1.82, 2.24) is 10.4 Å². The Morgan fingerprint density at radius 1 is 1.39 bits per heavy atom. The van der Waals surface area contributed by atoms with Crippen molar-refractivity contribution in [3.05, 3.63) is 29.6 Å². The minimum Gasteiger partial charge on any atom is -0.442 e. The van der Waals surface area contributed by atoms with Crippen LogP contribution in [0.2, 0.25) is 0 Å². The molecule has 3 N–H and O–H groups in total. The maximum absolute atomic E-state index is 14.5. The van der Waals surface area contributed by atoms with Gasteiger partial charge in [-0.25, -0.2) is 14.2 Å². The van der Waals surface area contributed by atoms with Gasteiger partial charge in [0.25, 0.3) is 5.91 Å². The van der Waals surface area contributed by atoms with Gasteiger partial charge in [0.2, 0.25) is 5.91 Å². The highest BCUT2D eigenvalue weighted by atomic mass is 19.1. The molecule has 0 unspecified atom stereocenters. The van der Waals surface area contributed by atoms with Gasteiger partial charge in [-0.15, -0.1) is 0 Å². The molecule has 1 aliphatic rings. The van der Waals surface area contributed by atoms with Gasteiger partial charge in [0.15, 0.2) is 0 Å². The summed E-state index contributed by atoms with van der Waals surface area (Å²) < 4.78 is 19.7. The number of nitrogens with two attached hydrogens (primary N) is 1. The lowest BCUT2D eigenvalue weighted by Gasteiger charge is -2.20. The highest BCUT2D eigenvalue weighted by Gasteiger charge is 2.32. The number of unbranched alkanes of at least 4 members (excludes halogenated alkanes) is 1. The Morgan fingerprint density at radius 2 is 2.16 bits per heavy atom. The number of halogens is 1. The number of benzene rings is 1. The van der Waals surface area contributed by atoms with E-state index >= 15 is 0 Å². The average molecular weight is 439 g/mol. The van der Waals surface area contributed by atoms with Gasteiger partial charge in [0.1, 0.15) is 11.9 Å². The first-order valence-electron chi connectivity index (χ1n) is 10.5. The van der Waals surface area contributed by atoms with Crippen molar-refractivity contribution in [2.24, 2.45) is 5.73 Å². The van der Waals surface area contributed by atoms with Crippen molar-refractivity contribution in [3.63, 3.8) is 0 Å². The van der Waals surface area contributed by atoms with Gasteiger partial charge in [-0.05, 0) is 43.4 Å². The lowest BCUT2D eigenvalue weighted by molar-refractivity contribution is -0.185. The van der Waals surface area contributed by atoms with E-state index in [-0.39, 0.29) is 31.4 Å². The maximum Gasteiger partial charge on any atom is 0.414 e. The van der Waals surface area contributed by atoms with E-state index in [1.165, 1.54) is 23.0 Å². The molecule has 0 saturated carbocycles. The predicted molar refractivity (Wildman–Crippen MR) is 113 cm³/mol. The molecule has 0 radical (unpaired) electrons. The van der Waals surface area contributed by atoms with E-state index in [1.54, 1.807) is 12.1 Å². The van der Waals surface area contributed by atoms with Crippen LogP contribution in [0.4, 0.5) is 14.9 Å². The van der Waals surface area contributed by atoms with Gasteiger partial charge in [0.05, 0.1) is 31.9 Å². The number of hydrogen-bond donors (Lipinski definition) is 2. The van der Waals surface area contributed by atoms with Gasteiger partial charge in [-0.3, -0.25) is 19.3 Å². The van der Waals surface area contributed by atoms with Crippen LogP contribution in [0.25, 0.3) is 0 Å². The fourth-order valence-corrected chi connectivity index (χ4v) is 3.16. The SMILES string of the molecule is CCCN(OCCCCc1ccc(N2C[C@H](CNC(C)=O)OC2=O)cc1F)C(=O)CN. The minimum absolute atomic E-state index is 0.101. The van der Waals surface area contributed by atoms with E-state index in [0.29, 0.717) is 43.7 Å². The van der Waals surface area contributed by atoms with Gasteiger partial charge >= 0.3 is 6.09 Å². The molecule has 1 aromatic carbocycles. The zero-order valence-corrected chi connectivity index (χ0v) is 18.1. The van der Waals surface area contributed by atoms with Gasteiger partial charge in [-0.1, -0.05) is 13.0 Å². The largest absolute Gasteiger partial charge is 0.442 e. The van der Waals surface area contributed by atoms with Crippen LogP contribution in [0.15, 0.2) is 18.2 Å². The normalized spacial score (nSPS) is 15.7. The summed E-state index contributed by atoms with van der Waals surface area (Å²) in [7, 11) is 0. The first-order valence-corrected chi connectivity index (χ1v) is 10.5. The van der Waals surface area contributed by atoms with Crippen LogP contribution in [-0.4, -0.2) is 61.9 Å². The van der Waals surface area contributed by atoms with Gasteiger partial charge < -0.3 is 15.8 Å². The molecule has 9 nitrogen and oxygen atoms in total. The number of nitrogens with zero attached hydrogens (tertiary/aromatic N) is 2. The Morgan fingerprint density at radius 3 is 2.81 bits per heavy atom. The third kappa shape index (κ3) is 7.48. The van der Waals surface area contributed by atoms with E-state index in [2.05, 4.69) is 5.32 Å². The fraction of sp³-hybridized carbons (Fsp3) is 0.571. The Balaban J connectivity index is 1.81. The zero-order chi connectivity index (χ0) is 22.8. The minimum atomic E-state index is -0.566. The number of nitrogens with one attached hydrogen (secondary N) is 1. The molecule has 1 fully saturated rings. The molecule has 2 rings (SSSR count). The molecule has 0 spiro atoms. The van der Waals surface area contributed by atoms with E-state index in [4.69, 9.17) is 15.3 Å². The summed E-state index contributed by atoms with van der Waals surface area (Å²) in [5.74, 6) is -0.870. The Bertz CT molecular complexity index is 776. The molecule has 31 heavy (non-hydrogen) atoms. The highest BCUT2D eigenvalue weighted by Crippen LogP contribution is 2.24. The van der Waals surface area contributed by atoms with Crippen LogP contribution in [0.3, 0.4) is 0 Å². The standard InChI is InChI=1S/C21H31FN4O5/c1-3-9-26(20(28)12-23)30-10-5-4-6-16-7-8-17(11-19(16)22)25-14-18(31-21(25)29)13-24-15(2)27/h7-8,11,18H,3-6,9-10,12-14,23H2,1-2H3,(H,24,27)/t18-/m0/s1. The monoisotopic (exact) mass is 438 g/mol. The molecule has 1 heterocycles. The second kappa shape index (κ2) is 12.2. The van der Waals surface area contributed by atoms with E-state index in [0.717, 1.165) is 6.42 Å². The number of anilines is 1. The number of carbonyl (C=O) groups excluding carboxylic acids is 3. The Hall–Kier alpha value is -2.72. The van der Waals surface area contributed by atoms with E-state index in [9.17, 15) is 18.8 Å². The van der Waals surface area contributed by atoms with Crippen molar-refractivity contribution in [3.8, 4) is 0 Å². The lowest BCUT2D eigenvalue weighted by atomic mass is 10.1. The van der Waals surface area contributed by atoms with Crippen LogP contribution < -0.4 is 16.0 Å². The van der Waals surface area contributed by atoms with Gasteiger partial charge in [-0.2, -0.15) is 0 Å². The van der Waals surface area contributed by atoms with Crippen LogP contribution >= 0.6 is 0 Å². The van der Waals surface area contributed by atoms with E-state index < -0.39 is 18.0 Å². The third-order valence-electron chi connectivity index (χ3n) is 4.77. The summed E-state index contributed by atoms with van der Waals surface area (Å²) in [6.07, 6.45) is 1.56. The van der Waals surface area contributed by atoms with E-state index in [1.807, 2.05) is 6.92 Å². The molecular weight excluding hydrogens is 407 g/mol. The molecule has 1 aliphatic heterocycles. The summed E-state index contributed by atoms with van der Waals surface area (Å²) in [6.45, 7) is 4.51. The van der Waals surface area contributed by atoms with Crippen LogP contribution in [0.1, 0.15) is 38.7 Å². The number of cyclic esters (lactones) is 1. The summed E-state index contributed by atoms with van der Waals surface area (Å²) in [5, 5.41) is 3.88. The molecule has 172 valence electrons. The number of hydrogen-bond acceptors (Lipinski definition) is 6. The van der Waals surface area contributed by atoms with Crippen molar-refractivity contribution in [2.75, 3.05) is 37.7 Å². The average Bonchev–Trinajstić information content (AvgIpc) is 3.12. The molecule has 0 aliphatic carbocycles. The van der Waals surface area contributed by atoms with Crippen molar-refractivity contribution >= 4 is 23.6 Å². The number of ether oxygens (including phenoxy) is 1. The Labute approximate surface area is 181 Å². The number of amides is 3. The van der Waals surface area contributed by atoms with Crippen LogP contribution in [-0.2, 0) is 25.6 Å². The summed E-state index contributed by atoms with van der Waals surface area (Å²) in [6, 6.07) is 4.65. The quantitative estimate of drug-likeness (QED) is 0.380. The third-order valence-corrected chi connectivity index (χ3v) is 4.77. The number of carbonyl (C=O) groups is 3. The zero-order valence-electron chi connectivity index (χ0n) is 18.1. The summed E-state index contributed by atoms with van der Waals surface area (Å²) >= 11 is 0. The Kier molecular flexibility index (Phi) is 9.67. The topological polar surface area (TPSA) is 114 Å². The molecule has 10 heteroatoms. The summed E-state index contributed by atoms with van der Waals surface area (Å²) in [5.41, 5.74) is 6.31. The molecule has 0 aromatic heterocycles.